The Balaban J connectivity index is 3.96. The number of carboxylic acid groups (broad SMARTS) is 1. The number of hydrogen-bond donors (Lipinski definition) is 3. The van der Waals surface area contributed by atoms with Gasteiger partial charge in [-0.1, -0.05) is 0 Å². The van der Waals surface area contributed by atoms with E-state index in [4.69, 9.17) is 17.3 Å². The van der Waals surface area contributed by atoms with E-state index in [9.17, 15) is 4.79 Å². The van der Waals surface area contributed by atoms with Gasteiger partial charge in [-0.2, -0.15) is 0 Å². The number of aliphatic carboxylic acids is 1. The first-order valence-electron chi connectivity index (χ1n) is 4.04. The monoisotopic (exact) mass is 204 g/mol. The van der Waals surface area contributed by atoms with Gasteiger partial charge in [0.25, 0.3) is 0 Å². The van der Waals surface area contributed by atoms with E-state index in [1.54, 1.807) is 6.92 Å². The second-order valence-corrected chi connectivity index (χ2v) is 4.32. The summed E-state index contributed by atoms with van der Waals surface area (Å²) in [6.45, 7) is 7.39. The van der Waals surface area contributed by atoms with E-state index in [-0.39, 0.29) is 5.54 Å². The van der Waals surface area contributed by atoms with Crippen LogP contribution in [0, 0.1) is 0 Å². The Labute approximate surface area is 83.7 Å². The van der Waals surface area contributed by atoms with Gasteiger partial charge in [0.2, 0.25) is 0 Å². The van der Waals surface area contributed by atoms with Crippen molar-refractivity contribution in [3.63, 3.8) is 0 Å². The highest BCUT2D eigenvalue weighted by Crippen LogP contribution is 1.97. The summed E-state index contributed by atoms with van der Waals surface area (Å²) in [6, 6.07) is -0.664. The van der Waals surface area contributed by atoms with Crippen LogP contribution in [0.4, 0.5) is 0 Å². The topological polar surface area (TPSA) is 61.4 Å². The molecule has 0 aliphatic carbocycles. The summed E-state index contributed by atoms with van der Waals surface area (Å²) in [6.07, 6.45) is 0. The molecule has 0 saturated heterocycles. The summed E-state index contributed by atoms with van der Waals surface area (Å²) in [4.78, 5) is 10.5. The Morgan fingerprint density at radius 2 is 1.92 bits per heavy atom. The van der Waals surface area contributed by atoms with Gasteiger partial charge >= 0.3 is 5.97 Å². The second kappa shape index (κ2) is 4.41. The zero-order chi connectivity index (χ0) is 10.6. The standard InChI is InChI=1S/C8H16N2O2S/c1-5(6(11)12)9-7(13)10-8(2,3)4/h5H,1-4H3,(H,11,12)(H2,9,10,13). The molecule has 0 bridgehead atoms. The molecule has 76 valence electrons. The molecular weight excluding hydrogens is 188 g/mol. The van der Waals surface area contributed by atoms with E-state index in [1.807, 2.05) is 20.8 Å². The summed E-state index contributed by atoms with van der Waals surface area (Å²) in [7, 11) is 0. The van der Waals surface area contributed by atoms with Crippen molar-refractivity contribution in [1.29, 1.82) is 0 Å². The smallest absolute Gasteiger partial charge is 0.325 e. The third-order valence-corrected chi connectivity index (χ3v) is 1.43. The van der Waals surface area contributed by atoms with Gasteiger partial charge < -0.3 is 15.7 Å². The lowest BCUT2D eigenvalue weighted by molar-refractivity contribution is -0.138. The lowest BCUT2D eigenvalue weighted by atomic mass is 10.1. The molecule has 0 radical (unpaired) electrons. The molecule has 0 rings (SSSR count). The van der Waals surface area contributed by atoms with Gasteiger partial charge in [0, 0.05) is 5.54 Å². The molecule has 5 heteroatoms. The zero-order valence-electron chi connectivity index (χ0n) is 8.34. The summed E-state index contributed by atoms with van der Waals surface area (Å²) in [5.74, 6) is -0.918. The van der Waals surface area contributed by atoms with Crippen molar-refractivity contribution in [2.45, 2.75) is 39.3 Å². The van der Waals surface area contributed by atoms with Crippen molar-refractivity contribution in [2.75, 3.05) is 0 Å². The minimum atomic E-state index is -0.918. The minimum absolute atomic E-state index is 0.150. The van der Waals surface area contributed by atoms with E-state index in [2.05, 4.69) is 10.6 Å². The zero-order valence-corrected chi connectivity index (χ0v) is 9.16. The summed E-state index contributed by atoms with van der Waals surface area (Å²) in [5, 5.41) is 14.6. The van der Waals surface area contributed by atoms with Gasteiger partial charge in [0.15, 0.2) is 5.11 Å². The lowest BCUT2D eigenvalue weighted by Crippen LogP contribution is -2.50. The first-order valence-corrected chi connectivity index (χ1v) is 4.44. The van der Waals surface area contributed by atoms with Crippen LogP contribution >= 0.6 is 12.2 Å². The first kappa shape index (κ1) is 12.2. The van der Waals surface area contributed by atoms with Crippen LogP contribution in [0.25, 0.3) is 0 Å². The molecule has 0 heterocycles. The molecule has 0 aromatic rings. The third kappa shape index (κ3) is 6.33. The summed E-state index contributed by atoms with van der Waals surface area (Å²) < 4.78 is 0. The quantitative estimate of drug-likeness (QED) is 0.579. The molecule has 13 heavy (non-hydrogen) atoms. The van der Waals surface area contributed by atoms with E-state index in [0.717, 1.165) is 0 Å². The van der Waals surface area contributed by atoms with E-state index in [0.29, 0.717) is 5.11 Å². The number of carboxylic acids is 1. The fourth-order valence-corrected chi connectivity index (χ4v) is 1.12. The molecule has 1 atom stereocenters. The van der Waals surface area contributed by atoms with E-state index >= 15 is 0 Å². The van der Waals surface area contributed by atoms with E-state index < -0.39 is 12.0 Å². The van der Waals surface area contributed by atoms with Gasteiger partial charge in [0.1, 0.15) is 6.04 Å². The molecule has 3 N–H and O–H groups in total. The summed E-state index contributed by atoms with van der Waals surface area (Å²) in [5.41, 5.74) is -0.150. The lowest BCUT2D eigenvalue weighted by Gasteiger charge is -2.24. The second-order valence-electron chi connectivity index (χ2n) is 3.91. The van der Waals surface area contributed by atoms with Crippen molar-refractivity contribution >= 4 is 23.3 Å². The number of thiocarbonyl (C=S) groups is 1. The third-order valence-electron chi connectivity index (χ3n) is 1.21. The molecule has 0 aromatic carbocycles. The van der Waals surface area contributed by atoms with Crippen LogP contribution < -0.4 is 10.6 Å². The van der Waals surface area contributed by atoms with Crippen LogP contribution in [0.5, 0.6) is 0 Å². The number of hydrogen-bond acceptors (Lipinski definition) is 2. The minimum Gasteiger partial charge on any atom is -0.480 e. The fraction of sp³-hybridized carbons (Fsp3) is 0.750. The largest absolute Gasteiger partial charge is 0.480 e. The Bertz CT molecular complexity index is 211. The Morgan fingerprint density at radius 1 is 1.46 bits per heavy atom. The predicted octanol–water partition coefficient (Wildman–Crippen LogP) is 0.722. The van der Waals surface area contributed by atoms with Crippen molar-refractivity contribution in [3.05, 3.63) is 0 Å². The average Bonchev–Trinajstić information content (AvgIpc) is 1.81. The van der Waals surface area contributed by atoms with Gasteiger partial charge in [-0.15, -0.1) is 0 Å². The first-order chi connectivity index (χ1) is 5.72. The molecule has 0 aromatic heterocycles. The van der Waals surface area contributed by atoms with Gasteiger partial charge in [-0.05, 0) is 39.9 Å². The van der Waals surface area contributed by atoms with Crippen LogP contribution in [0.2, 0.25) is 0 Å². The molecule has 0 fully saturated rings. The van der Waals surface area contributed by atoms with Crippen molar-refractivity contribution in [2.24, 2.45) is 0 Å². The predicted molar refractivity (Wildman–Crippen MR) is 55.7 cm³/mol. The molecule has 0 spiro atoms. The van der Waals surface area contributed by atoms with Crippen molar-refractivity contribution in [1.82, 2.24) is 10.6 Å². The molecule has 0 saturated carbocycles. The normalized spacial score (nSPS) is 13.2. The Kier molecular flexibility index (Phi) is 4.13. The van der Waals surface area contributed by atoms with Gasteiger partial charge in [-0.25, -0.2) is 0 Å². The highest BCUT2D eigenvalue weighted by Gasteiger charge is 2.15. The molecule has 0 aliphatic heterocycles. The Morgan fingerprint density at radius 3 is 2.23 bits per heavy atom. The van der Waals surface area contributed by atoms with Crippen LogP contribution in [-0.4, -0.2) is 27.8 Å². The molecule has 1 unspecified atom stereocenters. The van der Waals surface area contributed by atoms with Crippen LogP contribution in [0.15, 0.2) is 0 Å². The number of nitrogens with one attached hydrogen (secondary N) is 2. The number of carbonyl (C=O) groups is 1. The van der Waals surface area contributed by atoms with Gasteiger partial charge in [0.05, 0.1) is 0 Å². The SMILES string of the molecule is CC(NC(=S)NC(C)(C)C)C(=O)O. The maximum absolute atomic E-state index is 10.5. The molecule has 0 aliphatic rings. The molecule has 0 amide bonds. The van der Waals surface area contributed by atoms with E-state index in [1.165, 1.54) is 0 Å². The Hall–Kier alpha value is -0.840. The highest BCUT2D eigenvalue weighted by atomic mass is 32.1. The van der Waals surface area contributed by atoms with Crippen molar-refractivity contribution in [3.8, 4) is 0 Å². The van der Waals surface area contributed by atoms with Crippen LogP contribution in [-0.2, 0) is 4.79 Å². The molecular formula is C8H16N2O2S. The maximum atomic E-state index is 10.5. The number of rotatable bonds is 2. The van der Waals surface area contributed by atoms with Crippen molar-refractivity contribution < 1.29 is 9.90 Å². The van der Waals surface area contributed by atoms with Crippen LogP contribution in [0.1, 0.15) is 27.7 Å². The highest BCUT2D eigenvalue weighted by molar-refractivity contribution is 7.80. The average molecular weight is 204 g/mol. The maximum Gasteiger partial charge on any atom is 0.325 e. The fourth-order valence-electron chi connectivity index (χ4n) is 0.635. The summed E-state index contributed by atoms with van der Waals surface area (Å²) >= 11 is 4.91. The molecule has 4 nitrogen and oxygen atoms in total. The van der Waals surface area contributed by atoms with Gasteiger partial charge in [-0.3, -0.25) is 4.79 Å². The van der Waals surface area contributed by atoms with Crippen LogP contribution in [0.3, 0.4) is 0 Å².